The number of benzene rings is 1. The smallest absolute Gasteiger partial charge is 0.225 e. The van der Waals surface area contributed by atoms with Crippen LogP contribution in [0.15, 0.2) is 42.7 Å². The van der Waals surface area contributed by atoms with Gasteiger partial charge in [0.15, 0.2) is 0 Å². The summed E-state index contributed by atoms with van der Waals surface area (Å²) in [5.74, 6) is 0.617. The molecule has 0 aliphatic carbocycles. The Morgan fingerprint density at radius 2 is 2.00 bits per heavy atom. The van der Waals surface area contributed by atoms with Crippen molar-refractivity contribution in [2.45, 2.75) is 13.0 Å². The first-order valence-electron chi connectivity index (χ1n) is 8.79. The second-order valence-electron chi connectivity index (χ2n) is 7.11. The number of halogens is 1. The molecule has 0 N–H and O–H groups in total. The van der Waals surface area contributed by atoms with Crippen molar-refractivity contribution in [3.63, 3.8) is 0 Å². The van der Waals surface area contributed by atoms with E-state index >= 15 is 0 Å². The van der Waals surface area contributed by atoms with Crippen molar-refractivity contribution < 1.29 is 9.13 Å². The van der Waals surface area contributed by atoms with Crippen LogP contribution in [0.25, 0.3) is 0 Å². The Labute approximate surface area is 147 Å². The van der Waals surface area contributed by atoms with Crippen LogP contribution in [0.1, 0.15) is 12.0 Å². The Morgan fingerprint density at radius 1 is 1.12 bits per heavy atom. The fraction of sp³-hybridized carbons (Fsp3) is 0.474. The quantitative estimate of drug-likeness (QED) is 0.856. The Balaban J connectivity index is 1.46. The van der Waals surface area contributed by atoms with Gasteiger partial charge in [-0.1, -0.05) is 12.1 Å². The molecule has 132 valence electrons. The summed E-state index contributed by atoms with van der Waals surface area (Å²) in [6.45, 7) is 5.91. The van der Waals surface area contributed by atoms with Crippen LogP contribution in [-0.2, 0) is 11.3 Å². The molecule has 0 amide bonds. The third-order valence-electron chi connectivity index (χ3n) is 5.09. The minimum absolute atomic E-state index is 0.0863. The molecule has 2 aliphatic rings. The Kier molecular flexibility index (Phi) is 4.63. The van der Waals surface area contributed by atoms with Gasteiger partial charge in [0.25, 0.3) is 0 Å². The van der Waals surface area contributed by atoms with Crippen molar-refractivity contribution in [2.24, 2.45) is 5.41 Å². The van der Waals surface area contributed by atoms with Crippen LogP contribution in [0.5, 0.6) is 0 Å². The molecule has 0 saturated carbocycles. The lowest BCUT2D eigenvalue weighted by Gasteiger charge is -2.31. The van der Waals surface area contributed by atoms with E-state index in [4.69, 9.17) is 4.74 Å². The third-order valence-corrected chi connectivity index (χ3v) is 5.09. The molecule has 0 unspecified atom stereocenters. The van der Waals surface area contributed by atoms with Gasteiger partial charge in [0, 0.05) is 50.5 Å². The molecule has 1 aromatic heterocycles. The van der Waals surface area contributed by atoms with Crippen LogP contribution in [-0.4, -0.2) is 54.3 Å². The molecule has 2 aromatic rings. The highest BCUT2D eigenvalue weighted by atomic mass is 19.1. The lowest BCUT2D eigenvalue weighted by Crippen LogP contribution is -2.40. The highest BCUT2D eigenvalue weighted by Crippen LogP contribution is 2.35. The summed E-state index contributed by atoms with van der Waals surface area (Å²) in [6.07, 6.45) is 4.63. The van der Waals surface area contributed by atoms with E-state index in [0.29, 0.717) is 0 Å². The first-order chi connectivity index (χ1) is 12.2. The van der Waals surface area contributed by atoms with Crippen LogP contribution in [0.4, 0.5) is 10.3 Å². The van der Waals surface area contributed by atoms with Crippen LogP contribution in [0.3, 0.4) is 0 Å². The van der Waals surface area contributed by atoms with E-state index in [-0.39, 0.29) is 11.2 Å². The molecular formula is C19H23FN4O. The van der Waals surface area contributed by atoms with Gasteiger partial charge in [0.1, 0.15) is 5.82 Å². The van der Waals surface area contributed by atoms with Crippen molar-refractivity contribution in [1.82, 2.24) is 14.9 Å². The molecule has 3 heterocycles. The molecule has 0 radical (unpaired) electrons. The van der Waals surface area contributed by atoms with Gasteiger partial charge in [-0.25, -0.2) is 14.4 Å². The molecule has 0 bridgehead atoms. The first-order valence-corrected chi connectivity index (χ1v) is 8.79. The van der Waals surface area contributed by atoms with E-state index in [1.54, 1.807) is 24.5 Å². The molecule has 1 atom stereocenters. The SMILES string of the molecule is Fc1cccc(CN2CCOC[C@]3(CCN(c4ncccn4)C3)C2)c1. The molecule has 2 saturated heterocycles. The van der Waals surface area contributed by atoms with Gasteiger partial charge in [-0.3, -0.25) is 4.90 Å². The molecule has 1 aromatic carbocycles. The summed E-state index contributed by atoms with van der Waals surface area (Å²) in [6, 6.07) is 8.71. The van der Waals surface area contributed by atoms with Gasteiger partial charge < -0.3 is 9.64 Å². The molecule has 25 heavy (non-hydrogen) atoms. The van der Waals surface area contributed by atoms with E-state index in [2.05, 4.69) is 19.8 Å². The zero-order valence-electron chi connectivity index (χ0n) is 14.3. The number of aromatic nitrogens is 2. The number of rotatable bonds is 3. The Morgan fingerprint density at radius 3 is 2.84 bits per heavy atom. The third kappa shape index (κ3) is 3.80. The highest BCUT2D eigenvalue weighted by Gasteiger charge is 2.41. The van der Waals surface area contributed by atoms with Gasteiger partial charge in [-0.15, -0.1) is 0 Å². The van der Waals surface area contributed by atoms with E-state index in [1.165, 1.54) is 6.07 Å². The van der Waals surface area contributed by atoms with Crippen molar-refractivity contribution in [3.8, 4) is 0 Å². The van der Waals surface area contributed by atoms with E-state index in [1.807, 2.05) is 12.1 Å². The first kappa shape index (κ1) is 16.4. The molecular weight excluding hydrogens is 319 g/mol. The van der Waals surface area contributed by atoms with Crippen molar-refractivity contribution in [2.75, 3.05) is 44.3 Å². The van der Waals surface area contributed by atoms with Crippen LogP contribution >= 0.6 is 0 Å². The van der Waals surface area contributed by atoms with Crippen molar-refractivity contribution in [3.05, 3.63) is 54.1 Å². The zero-order valence-corrected chi connectivity index (χ0v) is 14.3. The maximum absolute atomic E-state index is 13.5. The topological polar surface area (TPSA) is 41.5 Å². The van der Waals surface area contributed by atoms with Gasteiger partial charge in [0.05, 0.1) is 13.2 Å². The average Bonchev–Trinajstić information content (AvgIpc) is 2.93. The number of hydrogen-bond donors (Lipinski definition) is 0. The Bertz CT molecular complexity index is 714. The van der Waals surface area contributed by atoms with Crippen molar-refractivity contribution in [1.29, 1.82) is 0 Å². The Hall–Kier alpha value is -2.05. The number of hydrogen-bond acceptors (Lipinski definition) is 5. The molecule has 1 spiro atoms. The number of ether oxygens (including phenoxy) is 1. The monoisotopic (exact) mass is 342 g/mol. The summed E-state index contributed by atoms with van der Waals surface area (Å²) >= 11 is 0. The molecule has 5 nitrogen and oxygen atoms in total. The van der Waals surface area contributed by atoms with Crippen LogP contribution in [0, 0.1) is 11.2 Å². The normalized spacial score (nSPS) is 24.6. The minimum Gasteiger partial charge on any atom is -0.379 e. The summed E-state index contributed by atoms with van der Waals surface area (Å²) in [5.41, 5.74) is 1.10. The second-order valence-corrected chi connectivity index (χ2v) is 7.11. The van der Waals surface area contributed by atoms with Crippen LogP contribution in [0.2, 0.25) is 0 Å². The van der Waals surface area contributed by atoms with E-state index < -0.39 is 0 Å². The lowest BCUT2D eigenvalue weighted by atomic mass is 9.87. The highest BCUT2D eigenvalue weighted by molar-refractivity contribution is 5.32. The molecule has 4 rings (SSSR count). The van der Waals surface area contributed by atoms with Gasteiger partial charge in [0.2, 0.25) is 5.95 Å². The molecule has 6 heteroatoms. The number of nitrogens with zero attached hydrogens (tertiary/aromatic N) is 4. The van der Waals surface area contributed by atoms with E-state index in [9.17, 15) is 4.39 Å². The molecule has 2 aliphatic heterocycles. The van der Waals surface area contributed by atoms with Crippen molar-refractivity contribution >= 4 is 5.95 Å². The summed E-state index contributed by atoms with van der Waals surface area (Å²) in [4.78, 5) is 13.4. The summed E-state index contributed by atoms with van der Waals surface area (Å²) in [7, 11) is 0. The zero-order chi connectivity index (χ0) is 17.1. The molecule has 2 fully saturated rings. The average molecular weight is 342 g/mol. The van der Waals surface area contributed by atoms with Gasteiger partial charge >= 0.3 is 0 Å². The number of anilines is 1. The van der Waals surface area contributed by atoms with Crippen LogP contribution < -0.4 is 4.90 Å². The second kappa shape index (κ2) is 7.06. The summed E-state index contributed by atoms with van der Waals surface area (Å²) < 4.78 is 19.4. The fourth-order valence-electron chi connectivity index (χ4n) is 3.92. The predicted molar refractivity (Wildman–Crippen MR) is 93.8 cm³/mol. The largest absolute Gasteiger partial charge is 0.379 e. The predicted octanol–water partition coefficient (Wildman–Crippen LogP) is 2.34. The standard InChI is InChI=1S/C19H23FN4O/c20-17-4-1-3-16(11-17)12-23-9-10-25-15-19(13-23)5-8-24(14-19)18-21-6-2-7-22-18/h1-4,6-7,11H,5,8-10,12-15H2/t19-/m1/s1. The minimum atomic E-state index is -0.174. The van der Waals surface area contributed by atoms with Gasteiger partial charge in [-0.05, 0) is 30.2 Å². The lowest BCUT2D eigenvalue weighted by molar-refractivity contribution is 0.0798. The summed E-state index contributed by atoms with van der Waals surface area (Å²) in [5, 5.41) is 0. The maximum Gasteiger partial charge on any atom is 0.225 e. The fourth-order valence-corrected chi connectivity index (χ4v) is 3.92. The maximum atomic E-state index is 13.5. The van der Waals surface area contributed by atoms with Gasteiger partial charge in [-0.2, -0.15) is 0 Å². The van der Waals surface area contributed by atoms with E-state index in [0.717, 1.165) is 63.9 Å².